The summed E-state index contributed by atoms with van der Waals surface area (Å²) in [6.07, 6.45) is 6.65. The van der Waals surface area contributed by atoms with Crippen LogP contribution in [-0.4, -0.2) is 55.8 Å². The van der Waals surface area contributed by atoms with Crippen molar-refractivity contribution in [2.75, 3.05) is 20.8 Å². The summed E-state index contributed by atoms with van der Waals surface area (Å²) < 4.78 is 19.6. The van der Waals surface area contributed by atoms with Crippen LogP contribution in [0, 0.1) is 0 Å². The molecule has 0 fully saturated rings. The average molecular weight is 436 g/mol. The Morgan fingerprint density at radius 2 is 1.87 bits per heavy atom. The lowest BCUT2D eigenvalue weighted by atomic mass is 10.2. The smallest absolute Gasteiger partial charge is 0.294 e. The number of aromatic nitrogens is 6. The fraction of sp³-hybridized carbons (Fsp3) is 0.150. The molecule has 0 bridgehead atoms. The van der Waals surface area contributed by atoms with Gasteiger partial charge in [0.1, 0.15) is 28.4 Å². The molecular weight excluding hydrogens is 420 g/mol. The minimum absolute atomic E-state index is 0.128. The van der Waals surface area contributed by atoms with Crippen LogP contribution in [-0.2, 0) is 0 Å². The van der Waals surface area contributed by atoms with Gasteiger partial charge in [0.2, 0.25) is 4.96 Å². The summed E-state index contributed by atoms with van der Waals surface area (Å²) >= 11 is 1.34. The molecule has 11 heteroatoms. The van der Waals surface area contributed by atoms with Crippen LogP contribution in [0.2, 0.25) is 0 Å². The molecule has 0 amide bonds. The van der Waals surface area contributed by atoms with Gasteiger partial charge in [0.15, 0.2) is 12.4 Å². The second-order valence-corrected chi connectivity index (χ2v) is 7.40. The lowest BCUT2D eigenvalue weighted by molar-refractivity contribution is 0.0922. The van der Waals surface area contributed by atoms with Crippen molar-refractivity contribution < 1.29 is 19.0 Å². The van der Waals surface area contributed by atoms with Gasteiger partial charge >= 0.3 is 0 Å². The number of nitrogens with zero attached hydrogens (tertiary/aromatic N) is 6. The number of methoxy groups -OCH3 is 2. The lowest BCUT2D eigenvalue weighted by Gasteiger charge is -2.09. The predicted octanol–water partition coefficient (Wildman–Crippen LogP) is 2.78. The Balaban J connectivity index is 1.48. The van der Waals surface area contributed by atoms with Crippen LogP contribution >= 0.6 is 11.3 Å². The molecule has 0 N–H and O–H groups in total. The van der Waals surface area contributed by atoms with Crippen LogP contribution in [0.15, 0.2) is 49.1 Å². The van der Waals surface area contributed by atoms with Crippen molar-refractivity contribution in [3.63, 3.8) is 0 Å². The monoisotopic (exact) mass is 436 g/mol. The molecule has 0 saturated carbocycles. The van der Waals surface area contributed by atoms with Crippen LogP contribution in [0.3, 0.4) is 0 Å². The first-order valence-electron chi connectivity index (χ1n) is 9.18. The maximum absolute atomic E-state index is 12.4. The highest BCUT2D eigenvalue weighted by Crippen LogP contribution is 2.30. The number of carbonyl (C=O) groups is 1. The molecule has 0 aliphatic heterocycles. The zero-order chi connectivity index (χ0) is 21.4. The number of hydrogen-bond donors (Lipinski definition) is 0. The molecule has 0 aliphatic carbocycles. The maximum Gasteiger partial charge on any atom is 0.294 e. The predicted molar refractivity (Wildman–Crippen MR) is 112 cm³/mol. The summed E-state index contributed by atoms with van der Waals surface area (Å²) in [5.41, 5.74) is 2.50. The van der Waals surface area contributed by atoms with Crippen LogP contribution in [0.1, 0.15) is 10.4 Å². The molecule has 0 saturated heterocycles. The lowest BCUT2D eigenvalue weighted by Crippen LogP contribution is -2.12. The number of ether oxygens (including phenoxy) is 3. The zero-order valence-corrected chi connectivity index (χ0v) is 17.4. The van der Waals surface area contributed by atoms with E-state index in [0.717, 1.165) is 0 Å². The van der Waals surface area contributed by atoms with E-state index in [-0.39, 0.29) is 12.4 Å². The second-order valence-electron chi connectivity index (χ2n) is 6.48. The van der Waals surface area contributed by atoms with Crippen molar-refractivity contribution in [1.82, 2.24) is 29.2 Å². The highest BCUT2D eigenvalue weighted by Gasteiger charge is 2.16. The molecule has 0 radical (unpaired) electrons. The van der Waals surface area contributed by atoms with Crippen LogP contribution < -0.4 is 14.2 Å². The fourth-order valence-electron chi connectivity index (χ4n) is 3.04. The zero-order valence-electron chi connectivity index (χ0n) is 16.6. The normalized spacial score (nSPS) is 11.2. The molecule has 0 spiro atoms. The minimum atomic E-state index is -0.155. The molecule has 5 heterocycles. The summed E-state index contributed by atoms with van der Waals surface area (Å²) in [5.74, 6) is 0.865. The van der Waals surface area contributed by atoms with Crippen molar-refractivity contribution in [2.24, 2.45) is 0 Å². The fourth-order valence-corrected chi connectivity index (χ4v) is 3.74. The van der Waals surface area contributed by atoms with E-state index in [0.29, 0.717) is 44.1 Å². The third kappa shape index (κ3) is 3.55. The van der Waals surface area contributed by atoms with Crippen molar-refractivity contribution in [3.8, 4) is 28.1 Å². The summed E-state index contributed by atoms with van der Waals surface area (Å²) in [6, 6.07) is 6.86. The number of rotatable bonds is 7. The first-order chi connectivity index (χ1) is 15.1. The third-order valence-electron chi connectivity index (χ3n) is 4.57. The quantitative estimate of drug-likeness (QED) is 0.359. The van der Waals surface area contributed by atoms with E-state index >= 15 is 0 Å². The molecule has 5 aromatic heterocycles. The number of ketones is 1. The van der Waals surface area contributed by atoms with E-state index in [1.165, 1.54) is 11.3 Å². The van der Waals surface area contributed by atoms with E-state index in [1.807, 2.05) is 6.07 Å². The maximum atomic E-state index is 12.4. The summed E-state index contributed by atoms with van der Waals surface area (Å²) in [7, 11) is 3.12. The van der Waals surface area contributed by atoms with E-state index in [4.69, 9.17) is 14.2 Å². The topological polar surface area (TPSA) is 105 Å². The molecule has 5 rings (SSSR count). The van der Waals surface area contributed by atoms with Gasteiger partial charge < -0.3 is 14.2 Å². The Morgan fingerprint density at radius 3 is 2.61 bits per heavy atom. The van der Waals surface area contributed by atoms with Gasteiger partial charge in [0.25, 0.3) is 5.19 Å². The molecular formula is C20H16N6O4S. The largest absolute Gasteiger partial charge is 0.495 e. The number of hydrogen-bond acceptors (Lipinski definition) is 9. The Labute approximate surface area is 179 Å². The number of carbonyl (C=O) groups excluding carboxylic acids is 1. The molecule has 0 unspecified atom stereocenters. The van der Waals surface area contributed by atoms with Gasteiger partial charge in [0.05, 0.1) is 26.6 Å². The highest BCUT2D eigenvalue weighted by atomic mass is 32.1. The van der Waals surface area contributed by atoms with Gasteiger partial charge in [-0.3, -0.25) is 9.78 Å². The molecule has 10 nitrogen and oxygen atoms in total. The first kappa shape index (κ1) is 19.0. The second kappa shape index (κ2) is 7.69. The van der Waals surface area contributed by atoms with E-state index in [9.17, 15) is 4.79 Å². The van der Waals surface area contributed by atoms with Crippen molar-refractivity contribution in [1.29, 1.82) is 0 Å². The summed E-state index contributed by atoms with van der Waals surface area (Å²) in [6.45, 7) is -0.128. The Hall–Kier alpha value is -3.99. The highest BCUT2D eigenvalue weighted by molar-refractivity contribution is 7.18. The van der Waals surface area contributed by atoms with E-state index < -0.39 is 0 Å². The molecule has 0 aliphatic rings. The summed E-state index contributed by atoms with van der Waals surface area (Å²) in [5, 5.41) is 9.40. The standard InChI is InChI=1S/C20H16N6O4S/c1-28-13-7-18(30-11-17(27)12-3-5-21-6-4-12)16-8-14(23-25(16)9-13)15-10-26-19(22-15)31-20(24-26)29-2/h3-10H,11H2,1-2H3. The first-order valence-corrected chi connectivity index (χ1v) is 10.0. The summed E-state index contributed by atoms with van der Waals surface area (Å²) in [4.78, 5) is 21.6. The van der Waals surface area contributed by atoms with Crippen molar-refractivity contribution in [3.05, 3.63) is 54.6 Å². The number of imidazole rings is 1. The minimum Gasteiger partial charge on any atom is -0.495 e. The van der Waals surface area contributed by atoms with Gasteiger partial charge in [-0.15, -0.1) is 5.10 Å². The van der Waals surface area contributed by atoms with Crippen molar-refractivity contribution in [2.45, 2.75) is 0 Å². The number of fused-ring (bicyclic) bond motifs is 2. The Morgan fingerprint density at radius 1 is 1.03 bits per heavy atom. The van der Waals surface area contributed by atoms with Crippen LogP contribution in [0.4, 0.5) is 0 Å². The Kier molecular flexibility index (Phi) is 4.71. The molecule has 31 heavy (non-hydrogen) atoms. The van der Waals surface area contributed by atoms with Gasteiger partial charge in [-0.05, 0) is 29.5 Å². The van der Waals surface area contributed by atoms with Crippen LogP contribution in [0.5, 0.6) is 16.7 Å². The average Bonchev–Trinajstić information content (AvgIpc) is 3.50. The molecule has 156 valence electrons. The van der Waals surface area contributed by atoms with Gasteiger partial charge in [-0.25, -0.2) is 14.0 Å². The van der Waals surface area contributed by atoms with E-state index in [2.05, 4.69) is 20.2 Å². The van der Waals surface area contributed by atoms with Gasteiger partial charge in [-0.2, -0.15) is 5.10 Å². The SMILES string of the molecule is COc1cc(OCC(=O)c2ccncc2)c2cc(-c3cn4nc(OC)sc4n3)nn2c1. The van der Waals surface area contributed by atoms with Gasteiger partial charge in [-0.1, -0.05) is 0 Å². The Bertz CT molecular complexity index is 1360. The third-order valence-corrected chi connectivity index (χ3v) is 5.45. The van der Waals surface area contributed by atoms with Crippen LogP contribution in [0.25, 0.3) is 21.9 Å². The van der Waals surface area contributed by atoms with E-state index in [1.54, 1.807) is 66.2 Å². The number of pyridine rings is 2. The molecule has 0 aromatic carbocycles. The molecule has 5 aromatic rings. The number of Topliss-reactive ketones (excluding diaryl/α,β-unsaturated/α-hetero) is 1. The molecule has 0 atom stereocenters. The van der Waals surface area contributed by atoms with Gasteiger partial charge in [0, 0.05) is 24.0 Å². The van der Waals surface area contributed by atoms with Crippen molar-refractivity contribution >= 4 is 27.6 Å².